The van der Waals surface area contributed by atoms with Crippen LogP contribution in [0.15, 0.2) is 47.4 Å². The maximum atomic E-state index is 9.74. The highest BCUT2D eigenvalue weighted by Gasteiger charge is 2.04. The number of anilines is 1. The molecule has 0 aromatic heterocycles. The van der Waals surface area contributed by atoms with Crippen LogP contribution in [-0.4, -0.2) is 11.4 Å². The Kier molecular flexibility index (Phi) is 4.39. The van der Waals surface area contributed by atoms with Crippen molar-refractivity contribution in [3.8, 4) is 5.75 Å². The number of phenols is 1. The van der Waals surface area contributed by atoms with Gasteiger partial charge < -0.3 is 10.4 Å². The van der Waals surface area contributed by atoms with Crippen molar-refractivity contribution in [3.05, 3.63) is 53.1 Å². The smallest absolute Gasteiger partial charge is 0.120 e. The number of benzene rings is 2. The molecule has 0 amide bonds. The van der Waals surface area contributed by atoms with Gasteiger partial charge in [0.25, 0.3) is 0 Å². The summed E-state index contributed by atoms with van der Waals surface area (Å²) in [4.78, 5) is 1.18. The highest BCUT2D eigenvalue weighted by Crippen LogP contribution is 2.27. The van der Waals surface area contributed by atoms with Gasteiger partial charge in [0.1, 0.15) is 5.75 Å². The summed E-state index contributed by atoms with van der Waals surface area (Å²) in [6.07, 6.45) is 2.04. The van der Waals surface area contributed by atoms with Crippen LogP contribution in [0, 0.1) is 0 Å². The van der Waals surface area contributed by atoms with Crippen LogP contribution in [0.5, 0.6) is 5.75 Å². The van der Waals surface area contributed by atoms with E-state index in [0.717, 1.165) is 11.3 Å². The standard InChI is InChI=1S/C14H14ClNOS/c1-18-14-5-3-2-4-12(14)16-9-10-8-11(15)6-7-13(10)17/h2-8,16-17H,9H2,1H3. The number of para-hydroxylation sites is 1. The Morgan fingerprint density at radius 1 is 1.22 bits per heavy atom. The molecule has 0 bridgehead atoms. The Labute approximate surface area is 116 Å². The van der Waals surface area contributed by atoms with E-state index in [1.807, 2.05) is 24.5 Å². The van der Waals surface area contributed by atoms with Gasteiger partial charge in [-0.2, -0.15) is 0 Å². The second-order valence-corrected chi connectivity index (χ2v) is 5.11. The lowest BCUT2D eigenvalue weighted by molar-refractivity contribution is 0.469. The molecular weight excluding hydrogens is 266 g/mol. The highest BCUT2D eigenvalue weighted by atomic mass is 35.5. The number of hydrogen-bond donors (Lipinski definition) is 2. The third kappa shape index (κ3) is 3.12. The number of rotatable bonds is 4. The topological polar surface area (TPSA) is 32.3 Å². The Bertz CT molecular complexity index is 545. The molecule has 2 nitrogen and oxygen atoms in total. The average Bonchev–Trinajstić information content (AvgIpc) is 2.40. The first kappa shape index (κ1) is 13.1. The van der Waals surface area contributed by atoms with Gasteiger partial charge in [0.2, 0.25) is 0 Å². The molecule has 4 heteroatoms. The minimum atomic E-state index is 0.258. The van der Waals surface area contributed by atoms with Crippen molar-refractivity contribution in [1.29, 1.82) is 0 Å². The average molecular weight is 280 g/mol. The lowest BCUT2D eigenvalue weighted by Gasteiger charge is -2.11. The highest BCUT2D eigenvalue weighted by molar-refractivity contribution is 7.98. The molecule has 0 saturated heterocycles. The molecule has 2 rings (SSSR count). The number of nitrogens with one attached hydrogen (secondary N) is 1. The maximum absolute atomic E-state index is 9.74. The van der Waals surface area contributed by atoms with E-state index in [-0.39, 0.29) is 5.75 Å². The second-order valence-electron chi connectivity index (χ2n) is 3.83. The molecule has 2 aromatic rings. The first-order valence-corrected chi connectivity index (χ1v) is 7.15. The molecule has 0 radical (unpaired) electrons. The minimum absolute atomic E-state index is 0.258. The first-order chi connectivity index (χ1) is 8.70. The molecular formula is C14H14ClNOS. The van der Waals surface area contributed by atoms with E-state index in [0.29, 0.717) is 11.6 Å². The minimum Gasteiger partial charge on any atom is -0.508 e. The van der Waals surface area contributed by atoms with Crippen LogP contribution >= 0.6 is 23.4 Å². The largest absolute Gasteiger partial charge is 0.508 e. The van der Waals surface area contributed by atoms with Crippen LogP contribution in [0.3, 0.4) is 0 Å². The Balaban J connectivity index is 2.14. The Morgan fingerprint density at radius 3 is 2.78 bits per heavy atom. The van der Waals surface area contributed by atoms with Gasteiger partial charge in [-0.05, 0) is 36.6 Å². The van der Waals surface area contributed by atoms with Gasteiger partial charge in [-0.25, -0.2) is 0 Å². The molecule has 0 atom stereocenters. The molecule has 18 heavy (non-hydrogen) atoms. The molecule has 2 aromatic carbocycles. The zero-order chi connectivity index (χ0) is 13.0. The van der Waals surface area contributed by atoms with Gasteiger partial charge in [-0.15, -0.1) is 11.8 Å². The van der Waals surface area contributed by atoms with Crippen molar-refractivity contribution >= 4 is 29.1 Å². The maximum Gasteiger partial charge on any atom is 0.120 e. The lowest BCUT2D eigenvalue weighted by atomic mass is 10.2. The van der Waals surface area contributed by atoms with E-state index in [1.54, 1.807) is 30.0 Å². The van der Waals surface area contributed by atoms with Crippen molar-refractivity contribution in [2.45, 2.75) is 11.4 Å². The lowest BCUT2D eigenvalue weighted by Crippen LogP contribution is -2.00. The van der Waals surface area contributed by atoms with Crippen molar-refractivity contribution in [2.75, 3.05) is 11.6 Å². The predicted molar refractivity (Wildman–Crippen MR) is 78.7 cm³/mol. The summed E-state index contributed by atoms with van der Waals surface area (Å²) in [5.74, 6) is 0.258. The van der Waals surface area contributed by atoms with E-state index >= 15 is 0 Å². The monoisotopic (exact) mass is 279 g/mol. The summed E-state index contributed by atoms with van der Waals surface area (Å²) in [6, 6.07) is 13.1. The summed E-state index contributed by atoms with van der Waals surface area (Å²) >= 11 is 7.60. The van der Waals surface area contributed by atoms with Crippen LogP contribution < -0.4 is 5.32 Å². The molecule has 0 spiro atoms. The van der Waals surface area contributed by atoms with Gasteiger partial charge in [0.15, 0.2) is 0 Å². The number of aromatic hydroxyl groups is 1. The van der Waals surface area contributed by atoms with Crippen molar-refractivity contribution < 1.29 is 5.11 Å². The number of halogens is 1. The zero-order valence-electron chi connectivity index (χ0n) is 9.98. The van der Waals surface area contributed by atoms with Crippen LogP contribution in [0.4, 0.5) is 5.69 Å². The van der Waals surface area contributed by atoms with Crippen molar-refractivity contribution in [2.24, 2.45) is 0 Å². The summed E-state index contributed by atoms with van der Waals surface area (Å²) in [7, 11) is 0. The summed E-state index contributed by atoms with van der Waals surface area (Å²) < 4.78 is 0. The predicted octanol–water partition coefficient (Wildman–Crippen LogP) is 4.38. The van der Waals surface area contributed by atoms with Crippen LogP contribution in [-0.2, 0) is 6.54 Å². The molecule has 2 N–H and O–H groups in total. The molecule has 0 aliphatic rings. The first-order valence-electron chi connectivity index (χ1n) is 5.55. The molecule has 0 aliphatic heterocycles. The quantitative estimate of drug-likeness (QED) is 0.815. The van der Waals surface area contributed by atoms with E-state index < -0.39 is 0 Å². The Morgan fingerprint density at radius 2 is 2.00 bits per heavy atom. The number of thioether (sulfide) groups is 1. The molecule has 0 aliphatic carbocycles. The van der Waals surface area contributed by atoms with E-state index in [2.05, 4.69) is 11.4 Å². The van der Waals surface area contributed by atoms with Crippen LogP contribution in [0.2, 0.25) is 5.02 Å². The summed E-state index contributed by atoms with van der Waals surface area (Å²) in [5, 5.41) is 13.7. The Hall–Kier alpha value is -1.32. The van der Waals surface area contributed by atoms with Crippen LogP contribution in [0.25, 0.3) is 0 Å². The molecule has 0 unspecified atom stereocenters. The molecule has 0 fully saturated rings. The van der Waals surface area contributed by atoms with Gasteiger partial charge in [0, 0.05) is 27.7 Å². The fourth-order valence-corrected chi connectivity index (χ4v) is 2.45. The summed E-state index contributed by atoms with van der Waals surface area (Å²) in [5.41, 5.74) is 1.85. The fraction of sp³-hybridized carbons (Fsp3) is 0.143. The number of phenolic OH excluding ortho intramolecular Hbond substituents is 1. The van der Waals surface area contributed by atoms with Crippen LogP contribution in [0.1, 0.15) is 5.56 Å². The molecule has 0 saturated carbocycles. The second kappa shape index (κ2) is 6.03. The SMILES string of the molecule is CSc1ccccc1NCc1cc(Cl)ccc1O. The summed E-state index contributed by atoms with van der Waals surface area (Å²) in [6.45, 7) is 0.546. The van der Waals surface area contributed by atoms with E-state index in [9.17, 15) is 5.11 Å². The third-order valence-corrected chi connectivity index (χ3v) is 3.65. The third-order valence-electron chi connectivity index (χ3n) is 2.62. The fourth-order valence-electron chi connectivity index (χ4n) is 1.68. The van der Waals surface area contributed by atoms with Gasteiger partial charge in [-0.1, -0.05) is 23.7 Å². The normalized spacial score (nSPS) is 10.3. The van der Waals surface area contributed by atoms with Crippen molar-refractivity contribution in [3.63, 3.8) is 0 Å². The van der Waals surface area contributed by atoms with E-state index in [4.69, 9.17) is 11.6 Å². The van der Waals surface area contributed by atoms with Gasteiger partial charge in [-0.3, -0.25) is 0 Å². The van der Waals surface area contributed by atoms with Crippen molar-refractivity contribution in [1.82, 2.24) is 0 Å². The van der Waals surface area contributed by atoms with Gasteiger partial charge >= 0.3 is 0 Å². The zero-order valence-corrected chi connectivity index (χ0v) is 11.6. The molecule has 0 heterocycles. The molecule has 94 valence electrons. The van der Waals surface area contributed by atoms with Gasteiger partial charge in [0.05, 0.1) is 0 Å². The van der Waals surface area contributed by atoms with E-state index in [1.165, 1.54) is 4.90 Å². The number of hydrogen-bond acceptors (Lipinski definition) is 3.